The molecule has 17 heavy (non-hydrogen) atoms. The second-order valence-electron chi connectivity index (χ2n) is 4.20. The molecule has 3 N–H and O–H groups in total. The number of carbonyl (C=O) groups is 1. The Balaban J connectivity index is 2.84. The van der Waals surface area contributed by atoms with Crippen LogP contribution < -0.4 is 11.1 Å². The fraction of sp³-hybridized carbons (Fsp3) is 0.417. The van der Waals surface area contributed by atoms with E-state index < -0.39 is 11.2 Å². The highest BCUT2D eigenvalue weighted by Crippen LogP contribution is 2.24. The maximum absolute atomic E-state index is 13.2. The Kier molecular flexibility index (Phi) is 4.48. The molecule has 0 radical (unpaired) electrons. The van der Waals surface area contributed by atoms with Crippen LogP contribution >= 0.6 is 11.6 Å². The van der Waals surface area contributed by atoms with Crippen molar-refractivity contribution in [1.29, 1.82) is 0 Å². The first-order chi connectivity index (χ1) is 7.92. The number of hydrogen-bond acceptors (Lipinski definition) is 2. The number of amides is 1. The molecule has 0 saturated heterocycles. The van der Waals surface area contributed by atoms with E-state index in [1.54, 1.807) is 13.0 Å². The summed E-state index contributed by atoms with van der Waals surface area (Å²) in [6, 6.07) is 4.14. The van der Waals surface area contributed by atoms with E-state index in [-0.39, 0.29) is 17.5 Å². The molecule has 94 valence electrons. The van der Waals surface area contributed by atoms with Crippen LogP contribution in [0, 0.1) is 11.2 Å². The zero-order valence-corrected chi connectivity index (χ0v) is 10.6. The van der Waals surface area contributed by atoms with Crippen molar-refractivity contribution in [1.82, 2.24) is 0 Å². The molecule has 0 spiro atoms. The van der Waals surface area contributed by atoms with Gasteiger partial charge in [-0.25, -0.2) is 4.39 Å². The Labute approximate surface area is 105 Å². The maximum atomic E-state index is 13.2. The highest BCUT2D eigenvalue weighted by molar-refractivity contribution is 6.30. The SMILES string of the molecule is CCC(C)(CN)C(=O)Nc1ccc(Cl)c(F)c1. The second kappa shape index (κ2) is 5.47. The normalized spacial score (nSPS) is 14.2. The summed E-state index contributed by atoms with van der Waals surface area (Å²) in [7, 11) is 0. The number of carbonyl (C=O) groups excluding carboxylic acids is 1. The topological polar surface area (TPSA) is 55.1 Å². The molecule has 1 aromatic carbocycles. The van der Waals surface area contributed by atoms with Gasteiger partial charge in [-0.15, -0.1) is 0 Å². The molecule has 0 aliphatic heterocycles. The van der Waals surface area contributed by atoms with Gasteiger partial charge in [0.05, 0.1) is 10.4 Å². The van der Waals surface area contributed by atoms with Crippen molar-refractivity contribution >= 4 is 23.2 Å². The molecule has 0 aromatic heterocycles. The third-order valence-corrected chi connectivity index (χ3v) is 3.26. The minimum absolute atomic E-state index is 0.0278. The Morgan fingerprint density at radius 3 is 2.71 bits per heavy atom. The van der Waals surface area contributed by atoms with Crippen LogP contribution in [0.15, 0.2) is 18.2 Å². The highest BCUT2D eigenvalue weighted by Gasteiger charge is 2.29. The van der Waals surface area contributed by atoms with E-state index in [1.807, 2.05) is 6.92 Å². The van der Waals surface area contributed by atoms with Crippen LogP contribution in [0.2, 0.25) is 5.02 Å². The summed E-state index contributed by atoms with van der Waals surface area (Å²) < 4.78 is 13.2. The van der Waals surface area contributed by atoms with E-state index in [0.717, 1.165) is 0 Å². The number of benzene rings is 1. The molecule has 0 fully saturated rings. The summed E-state index contributed by atoms with van der Waals surface area (Å²) in [5, 5.41) is 2.66. The smallest absolute Gasteiger partial charge is 0.231 e. The van der Waals surface area contributed by atoms with Gasteiger partial charge in [0.15, 0.2) is 0 Å². The van der Waals surface area contributed by atoms with Crippen LogP contribution in [-0.2, 0) is 4.79 Å². The van der Waals surface area contributed by atoms with Crippen LogP contribution in [0.1, 0.15) is 20.3 Å². The van der Waals surface area contributed by atoms with Gasteiger partial charge in [0.1, 0.15) is 5.82 Å². The molecule has 1 unspecified atom stereocenters. The third-order valence-electron chi connectivity index (χ3n) is 2.96. The van der Waals surface area contributed by atoms with E-state index in [2.05, 4.69) is 5.32 Å². The lowest BCUT2D eigenvalue weighted by Crippen LogP contribution is -2.39. The van der Waals surface area contributed by atoms with Crippen molar-refractivity contribution in [2.75, 3.05) is 11.9 Å². The average molecular weight is 259 g/mol. The lowest BCUT2D eigenvalue weighted by atomic mass is 9.86. The molecule has 1 rings (SSSR count). The van der Waals surface area contributed by atoms with Gasteiger partial charge < -0.3 is 11.1 Å². The fourth-order valence-corrected chi connectivity index (χ4v) is 1.37. The molecular formula is C12H16ClFN2O. The molecule has 5 heteroatoms. The zero-order valence-electron chi connectivity index (χ0n) is 9.89. The van der Waals surface area contributed by atoms with Gasteiger partial charge in [-0.05, 0) is 31.5 Å². The van der Waals surface area contributed by atoms with Gasteiger partial charge in [0.25, 0.3) is 0 Å². The maximum Gasteiger partial charge on any atom is 0.231 e. The summed E-state index contributed by atoms with van der Waals surface area (Å²) >= 11 is 5.55. The van der Waals surface area contributed by atoms with Crippen molar-refractivity contribution in [2.45, 2.75) is 20.3 Å². The minimum atomic E-state index is -0.643. The summed E-state index contributed by atoms with van der Waals surface area (Å²) in [4.78, 5) is 11.9. The molecule has 1 atom stereocenters. The second-order valence-corrected chi connectivity index (χ2v) is 4.61. The Bertz CT molecular complexity index is 419. The number of anilines is 1. The van der Waals surface area contributed by atoms with Crippen molar-refractivity contribution < 1.29 is 9.18 Å². The summed E-state index contributed by atoms with van der Waals surface area (Å²) in [6.07, 6.45) is 0.616. The van der Waals surface area contributed by atoms with Gasteiger partial charge in [-0.3, -0.25) is 4.79 Å². The number of halogens is 2. The molecule has 0 aliphatic rings. The van der Waals surface area contributed by atoms with E-state index >= 15 is 0 Å². The summed E-state index contributed by atoms with van der Waals surface area (Å²) in [5.74, 6) is -0.778. The minimum Gasteiger partial charge on any atom is -0.329 e. The summed E-state index contributed by atoms with van der Waals surface area (Å²) in [6.45, 7) is 3.90. The van der Waals surface area contributed by atoms with Gasteiger partial charge in [0.2, 0.25) is 5.91 Å². The summed E-state index contributed by atoms with van der Waals surface area (Å²) in [5.41, 5.74) is 5.31. The van der Waals surface area contributed by atoms with Crippen LogP contribution in [0.5, 0.6) is 0 Å². The fourth-order valence-electron chi connectivity index (χ4n) is 1.25. The van der Waals surface area contributed by atoms with Gasteiger partial charge >= 0.3 is 0 Å². The van der Waals surface area contributed by atoms with E-state index in [4.69, 9.17) is 17.3 Å². The molecule has 0 heterocycles. The Hall–Kier alpha value is -1.13. The number of nitrogens with one attached hydrogen (secondary N) is 1. The molecule has 0 aliphatic carbocycles. The molecule has 0 bridgehead atoms. The third kappa shape index (κ3) is 3.17. The van der Waals surface area contributed by atoms with Gasteiger partial charge in [-0.2, -0.15) is 0 Å². The monoisotopic (exact) mass is 258 g/mol. The Morgan fingerprint density at radius 1 is 1.59 bits per heavy atom. The van der Waals surface area contributed by atoms with Crippen LogP contribution in [0.25, 0.3) is 0 Å². The predicted molar refractivity (Wildman–Crippen MR) is 67.5 cm³/mol. The molecule has 0 saturated carbocycles. The Morgan fingerprint density at radius 2 is 2.24 bits per heavy atom. The van der Waals surface area contributed by atoms with Crippen molar-refractivity contribution in [3.8, 4) is 0 Å². The van der Waals surface area contributed by atoms with Crippen molar-refractivity contribution in [3.63, 3.8) is 0 Å². The van der Waals surface area contributed by atoms with Crippen LogP contribution in [0.3, 0.4) is 0 Å². The number of rotatable bonds is 4. The number of hydrogen-bond donors (Lipinski definition) is 2. The first-order valence-electron chi connectivity index (χ1n) is 5.39. The van der Waals surface area contributed by atoms with E-state index in [9.17, 15) is 9.18 Å². The predicted octanol–water partition coefficient (Wildman–Crippen LogP) is 2.79. The number of nitrogens with two attached hydrogens (primary N) is 1. The largest absolute Gasteiger partial charge is 0.329 e. The van der Waals surface area contributed by atoms with Gasteiger partial charge in [0, 0.05) is 12.2 Å². The first kappa shape index (κ1) is 13.9. The quantitative estimate of drug-likeness (QED) is 0.873. The molecular weight excluding hydrogens is 243 g/mol. The van der Waals surface area contributed by atoms with Crippen molar-refractivity contribution in [2.24, 2.45) is 11.1 Å². The van der Waals surface area contributed by atoms with Crippen LogP contribution in [-0.4, -0.2) is 12.5 Å². The highest BCUT2D eigenvalue weighted by atomic mass is 35.5. The van der Waals surface area contributed by atoms with E-state index in [0.29, 0.717) is 12.1 Å². The van der Waals surface area contributed by atoms with E-state index in [1.165, 1.54) is 12.1 Å². The zero-order chi connectivity index (χ0) is 13.1. The molecule has 3 nitrogen and oxygen atoms in total. The molecule has 1 aromatic rings. The van der Waals surface area contributed by atoms with Crippen molar-refractivity contribution in [3.05, 3.63) is 29.0 Å². The standard InChI is InChI=1S/C12H16ClFN2O/c1-3-12(2,7-15)11(17)16-8-4-5-9(13)10(14)6-8/h4-6H,3,7,15H2,1-2H3,(H,16,17). The lowest BCUT2D eigenvalue weighted by Gasteiger charge is -2.24. The average Bonchev–Trinajstić information content (AvgIpc) is 2.32. The van der Waals surface area contributed by atoms with Crippen LogP contribution in [0.4, 0.5) is 10.1 Å². The first-order valence-corrected chi connectivity index (χ1v) is 5.77. The lowest BCUT2D eigenvalue weighted by molar-refractivity contribution is -0.124. The van der Waals surface area contributed by atoms with Gasteiger partial charge in [-0.1, -0.05) is 18.5 Å². The molecule has 1 amide bonds.